The van der Waals surface area contributed by atoms with E-state index in [9.17, 15) is 0 Å². The smallest absolute Gasteiger partial charge is 0.229 e. The minimum Gasteiger partial charge on any atom is -0.496 e. The second-order valence-electron chi connectivity index (χ2n) is 8.20. The maximum atomic E-state index is 5.59. The first kappa shape index (κ1) is 24.3. The molecule has 0 aliphatic carbocycles. The van der Waals surface area contributed by atoms with Gasteiger partial charge in [0.05, 0.1) is 18.7 Å². The highest BCUT2D eigenvalue weighted by molar-refractivity contribution is 9.10. The Labute approximate surface area is 224 Å². The molecule has 37 heavy (non-hydrogen) atoms. The van der Waals surface area contributed by atoms with Crippen molar-refractivity contribution < 1.29 is 9.47 Å². The third-order valence-corrected chi connectivity index (χ3v) is 6.41. The van der Waals surface area contributed by atoms with E-state index in [4.69, 9.17) is 14.5 Å². The summed E-state index contributed by atoms with van der Waals surface area (Å²) in [6.07, 6.45) is 1.72. The van der Waals surface area contributed by atoms with Gasteiger partial charge < -0.3 is 20.1 Å². The number of ether oxygens (including phenoxy) is 2. The molecule has 184 valence electrons. The van der Waals surface area contributed by atoms with E-state index in [0.717, 1.165) is 49.6 Å². The summed E-state index contributed by atoms with van der Waals surface area (Å²) in [5.74, 6) is 2.70. The number of nitrogens with zero attached hydrogens (tertiary/aromatic N) is 2. The Morgan fingerprint density at radius 1 is 0.649 bits per heavy atom. The molecular formula is C30H25BrN4O2. The zero-order chi connectivity index (χ0) is 25.6. The average Bonchev–Trinajstić information content (AvgIpc) is 2.95. The molecule has 5 rings (SSSR count). The van der Waals surface area contributed by atoms with Crippen molar-refractivity contribution in [3.8, 4) is 33.8 Å². The van der Waals surface area contributed by atoms with Gasteiger partial charge in [0.1, 0.15) is 17.3 Å². The molecule has 1 heterocycles. The van der Waals surface area contributed by atoms with E-state index >= 15 is 0 Å². The predicted molar refractivity (Wildman–Crippen MR) is 153 cm³/mol. The van der Waals surface area contributed by atoms with Crippen LogP contribution in [0.2, 0.25) is 0 Å². The van der Waals surface area contributed by atoms with E-state index in [1.54, 1.807) is 20.4 Å². The summed E-state index contributed by atoms with van der Waals surface area (Å²) in [5, 5.41) is 6.72. The van der Waals surface area contributed by atoms with Crippen LogP contribution >= 0.6 is 15.9 Å². The topological polar surface area (TPSA) is 68.3 Å². The Balaban J connectivity index is 1.42. The standard InChI is InChI=1S/C30H25BrN4O2/c1-36-27-15-13-22(17-24(27)20-9-5-3-6-10-20)33-29-26(31)19-32-30(35-29)34-23-14-16-28(37-2)25(18-23)21-11-7-4-8-12-21/h3-19H,1-2H3,(H2,32,33,34,35). The van der Waals surface area contributed by atoms with Crippen LogP contribution in [0.3, 0.4) is 0 Å². The van der Waals surface area contributed by atoms with Crippen LogP contribution in [0.4, 0.5) is 23.1 Å². The zero-order valence-electron chi connectivity index (χ0n) is 20.4. The molecule has 4 aromatic carbocycles. The molecule has 0 saturated heterocycles. The van der Waals surface area contributed by atoms with Crippen molar-refractivity contribution in [2.45, 2.75) is 0 Å². The minimum absolute atomic E-state index is 0.465. The molecule has 0 spiro atoms. The van der Waals surface area contributed by atoms with Gasteiger partial charge in [0, 0.05) is 28.7 Å². The van der Waals surface area contributed by atoms with Gasteiger partial charge in [-0.15, -0.1) is 0 Å². The van der Waals surface area contributed by atoms with E-state index in [1.807, 2.05) is 72.8 Å². The van der Waals surface area contributed by atoms with E-state index in [2.05, 4.69) is 55.8 Å². The van der Waals surface area contributed by atoms with Crippen molar-refractivity contribution in [3.05, 3.63) is 108 Å². The van der Waals surface area contributed by atoms with E-state index in [-0.39, 0.29) is 0 Å². The molecule has 1 aromatic heterocycles. The monoisotopic (exact) mass is 552 g/mol. The molecule has 5 aromatic rings. The van der Waals surface area contributed by atoms with Gasteiger partial charge in [-0.25, -0.2) is 4.98 Å². The number of hydrogen-bond donors (Lipinski definition) is 2. The number of methoxy groups -OCH3 is 2. The fraction of sp³-hybridized carbons (Fsp3) is 0.0667. The molecule has 6 nitrogen and oxygen atoms in total. The summed E-state index contributed by atoms with van der Waals surface area (Å²) in [6.45, 7) is 0. The predicted octanol–water partition coefficient (Wildman–Crippen LogP) is 8.08. The highest BCUT2D eigenvalue weighted by Crippen LogP contribution is 2.35. The van der Waals surface area contributed by atoms with E-state index in [1.165, 1.54) is 0 Å². The summed E-state index contributed by atoms with van der Waals surface area (Å²) >= 11 is 3.57. The molecule has 0 bridgehead atoms. The number of halogens is 1. The molecule has 0 fully saturated rings. The molecule has 7 heteroatoms. The minimum atomic E-state index is 0.465. The maximum absolute atomic E-state index is 5.59. The molecule has 2 N–H and O–H groups in total. The first-order valence-corrected chi connectivity index (χ1v) is 12.5. The van der Waals surface area contributed by atoms with Gasteiger partial charge in [-0.05, 0) is 63.5 Å². The van der Waals surface area contributed by atoms with Crippen LogP contribution in [0.15, 0.2) is 108 Å². The van der Waals surface area contributed by atoms with Crippen LogP contribution in [-0.2, 0) is 0 Å². The molecule has 0 atom stereocenters. The molecule has 0 unspecified atom stereocenters. The average molecular weight is 553 g/mol. The van der Waals surface area contributed by atoms with Crippen molar-refractivity contribution in [2.75, 3.05) is 24.9 Å². The summed E-state index contributed by atoms with van der Waals surface area (Å²) < 4.78 is 11.9. The van der Waals surface area contributed by atoms with Gasteiger partial charge in [0.25, 0.3) is 0 Å². The van der Waals surface area contributed by atoms with Crippen LogP contribution in [0.25, 0.3) is 22.3 Å². The summed E-state index contributed by atoms with van der Waals surface area (Å²) in [6, 6.07) is 32.1. The van der Waals surface area contributed by atoms with Gasteiger partial charge in [0.15, 0.2) is 0 Å². The normalized spacial score (nSPS) is 10.6. The zero-order valence-corrected chi connectivity index (χ0v) is 22.0. The van der Waals surface area contributed by atoms with Crippen molar-refractivity contribution in [1.82, 2.24) is 9.97 Å². The van der Waals surface area contributed by atoms with Gasteiger partial charge in [-0.3, -0.25) is 0 Å². The lowest BCUT2D eigenvalue weighted by Crippen LogP contribution is -2.02. The highest BCUT2D eigenvalue weighted by Gasteiger charge is 2.12. The summed E-state index contributed by atoms with van der Waals surface area (Å²) in [5.41, 5.74) is 5.83. The fourth-order valence-electron chi connectivity index (χ4n) is 4.04. The third-order valence-electron chi connectivity index (χ3n) is 5.83. The van der Waals surface area contributed by atoms with Crippen LogP contribution < -0.4 is 20.1 Å². The Morgan fingerprint density at radius 2 is 1.16 bits per heavy atom. The maximum Gasteiger partial charge on any atom is 0.229 e. The Bertz CT molecular complexity index is 1510. The largest absolute Gasteiger partial charge is 0.496 e. The number of aromatic nitrogens is 2. The van der Waals surface area contributed by atoms with Crippen LogP contribution in [-0.4, -0.2) is 24.2 Å². The summed E-state index contributed by atoms with van der Waals surface area (Å²) in [4.78, 5) is 9.16. The van der Waals surface area contributed by atoms with E-state index in [0.29, 0.717) is 11.8 Å². The number of anilines is 4. The Hall–Kier alpha value is -4.36. The van der Waals surface area contributed by atoms with Crippen LogP contribution in [0.1, 0.15) is 0 Å². The van der Waals surface area contributed by atoms with Crippen LogP contribution in [0.5, 0.6) is 11.5 Å². The first-order valence-electron chi connectivity index (χ1n) is 11.7. The Morgan fingerprint density at radius 3 is 1.68 bits per heavy atom. The van der Waals surface area contributed by atoms with Crippen molar-refractivity contribution in [3.63, 3.8) is 0 Å². The number of hydrogen-bond acceptors (Lipinski definition) is 6. The van der Waals surface area contributed by atoms with Gasteiger partial charge in [0.2, 0.25) is 5.95 Å². The highest BCUT2D eigenvalue weighted by atomic mass is 79.9. The Kier molecular flexibility index (Phi) is 7.33. The van der Waals surface area contributed by atoms with Crippen molar-refractivity contribution in [1.29, 1.82) is 0 Å². The fourth-order valence-corrected chi connectivity index (χ4v) is 4.33. The quantitative estimate of drug-likeness (QED) is 0.203. The van der Waals surface area contributed by atoms with Gasteiger partial charge in [-0.2, -0.15) is 4.98 Å². The van der Waals surface area contributed by atoms with Gasteiger partial charge in [-0.1, -0.05) is 60.7 Å². The lowest BCUT2D eigenvalue weighted by Gasteiger charge is -2.14. The lowest BCUT2D eigenvalue weighted by atomic mass is 10.0. The molecule has 0 amide bonds. The number of benzene rings is 4. The molecule has 0 aliphatic heterocycles. The van der Waals surface area contributed by atoms with Gasteiger partial charge >= 0.3 is 0 Å². The SMILES string of the molecule is COc1ccc(Nc2ncc(Br)c(Nc3ccc(OC)c(-c4ccccc4)c3)n2)cc1-c1ccccc1. The summed E-state index contributed by atoms with van der Waals surface area (Å²) in [7, 11) is 3.35. The second kappa shape index (κ2) is 11.1. The third kappa shape index (κ3) is 5.57. The molecule has 0 aliphatic rings. The number of nitrogens with one attached hydrogen (secondary N) is 2. The molecule has 0 radical (unpaired) electrons. The lowest BCUT2D eigenvalue weighted by molar-refractivity contribution is 0.416. The molecule has 0 saturated carbocycles. The first-order chi connectivity index (χ1) is 18.1. The molecular weight excluding hydrogens is 528 g/mol. The number of rotatable bonds is 8. The van der Waals surface area contributed by atoms with Crippen molar-refractivity contribution in [2.24, 2.45) is 0 Å². The van der Waals surface area contributed by atoms with Crippen molar-refractivity contribution >= 4 is 39.1 Å². The van der Waals surface area contributed by atoms with E-state index < -0.39 is 0 Å². The van der Waals surface area contributed by atoms with Crippen LogP contribution in [0, 0.1) is 0 Å². The second-order valence-corrected chi connectivity index (χ2v) is 9.06.